The molecule has 2 nitrogen and oxygen atoms in total. The molecule has 0 amide bonds. The second-order valence-corrected chi connectivity index (χ2v) is 7.40. The molecule has 5 heteroatoms. The summed E-state index contributed by atoms with van der Waals surface area (Å²) in [4.78, 5) is 12.3. The van der Waals surface area contributed by atoms with E-state index in [9.17, 15) is 18.0 Å². The number of halogens is 3. The highest BCUT2D eigenvalue weighted by Crippen LogP contribution is 2.59. The van der Waals surface area contributed by atoms with Crippen LogP contribution in [-0.4, -0.2) is 12.1 Å². The second kappa shape index (κ2) is 7.22. The Labute approximate surface area is 156 Å². The molecule has 2 aromatic carbocycles. The van der Waals surface area contributed by atoms with E-state index in [-0.39, 0.29) is 12.7 Å². The molecule has 0 saturated heterocycles. The number of esters is 1. The molecule has 1 saturated carbocycles. The standard InChI is InChI=1S/C22H21F3O2/c1-21(2)18(11-12-22(23,24)25)19(21)20(26)27-14-15-7-6-10-17(13-15)16-8-4-3-5-9-16/h3-13,18-19H,14H2,1-2H3/t18-,19-/m1/s1. The van der Waals surface area contributed by atoms with E-state index in [0.717, 1.165) is 22.8 Å². The zero-order valence-corrected chi connectivity index (χ0v) is 15.2. The monoisotopic (exact) mass is 374 g/mol. The fourth-order valence-electron chi connectivity index (χ4n) is 3.42. The molecular weight excluding hydrogens is 353 g/mol. The van der Waals surface area contributed by atoms with Gasteiger partial charge in [0.15, 0.2) is 0 Å². The van der Waals surface area contributed by atoms with Crippen molar-refractivity contribution in [2.24, 2.45) is 17.3 Å². The Kier molecular flexibility index (Phi) is 5.13. The first-order chi connectivity index (χ1) is 12.7. The number of ether oxygens (including phenoxy) is 1. The van der Waals surface area contributed by atoms with Crippen molar-refractivity contribution in [3.05, 3.63) is 72.3 Å². The first-order valence-corrected chi connectivity index (χ1v) is 8.75. The zero-order valence-electron chi connectivity index (χ0n) is 15.2. The van der Waals surface area contributed by atoms with Crippen LogP contribution >= 0.6 is 0 Å². The first kappa shape index (κ1) is 19.2. The molecule has 0 heterocycles. The van der Waals surface area contributed by atoms with Crippen LogP contribution in [0.4, 0.5) is 13.2 Å². The van der Waals surface area contributed by atoms with E-state index in [0.29, 0.717) is 0 Å². The van der Waals surface area contributed by atoms with E-state index >= 15 is 0 Å². The van der Waals surface area contributed by atoms with Crippen LogP contribution < -0.4 is 0 Å². The summed E-state index contributed by atoms with van der Waals surface area (Å²) in [5.74, 6) is -1.46. The van der Waals surface area contributed by atoms with E-state index in [1.54, 1.807) is 13.8 Å². The second-order valence-electron chi connectivity index (χ2n) is 7.40. The summed E-state index contributed by atoms with van der Waals surface area (Å²) in [5.41, 5.74) is 2.39. The van der Waals surface area contributed by atoms with Crippen molar-refractivity contribution in [1.29, 1.82) is 0 Å². The highest BCUT2D eigenvalue weighted by molar-refractivity contribution is 5.78. The third-order valence-corrected chi connectivity index (χ3v) is 5.07. The number of benzene rings is 2. The van der Waals surface area contributed by atoms with Gasteiger partial charge < -0.3 is 4.74 Å². The molecule has 0 aromatic heterocycles. The number of rotatable bonds is 5. The molecule has 142 valence electrons. The fourth-order valence-corrected chi connectivity index (χ4v) is 3.42. The number of hydrogen-bond acceptors (Lipinski definition) is 2. The quantitative estimate of drug-likeness (QED) is 0.489. The van der Waals surface area contributed by atoms with Crippen molar-refractivity contribution in [3.63, 3.8) is 0 Å². The molecule has 1 aliphatic carbocycles. The van der Waals surface area contributed by atoms with Gasteiger partial charge in [0.05, 0.1) is 5.92 Å². The Morgan fingerprint density at radius 1 is 1.07 bits per heavy atom. The molecular formula is C22H21F3O2. The van der Waals surface area contributed by atoms with Gasteiger partial charge in [0.2, 0.25) is 0 Å². The van der Waals surface area contributed by atoms with Crippen LogP contribution in [0, 0.1) is 17.3 Å². The zero-order chi connectivity index (χ0) is 19.7. The maximum atomic E-state index is 12.4. The van der Waals surface area contributed by atoms with Crippen molar-refractivity contribution in [2.75, 3.05) is 0 Å². The average Bonchev–Trinajstić information content (AvgIpc) is 3.19. The molecule has 0 N–H and O–H groups in total. The molecule has 3 rings (SSSR count). The number of alkyl halides is 3. The molecule has 1 fully saturated rings. The van der Waals surface area contributed by atoms with Crippen LogP contribution in [0.3, 0.4) is 0 Å². The summed E-state index contributed by atoms with van der Waals surface area (Å²) in [7, 11) is 0. The highest BCUT2D eigenvalue weighted by Gasteiger charge is 2.61. The van der Waals surface area contributed by atoms with Crippen molar-refractivity contribution < 1.29 is 22.7 Å². The van der Waals surface area contributed by atoms with Gasteiger partial charge in [0.1, 0.15) is 6.61 Å². The Bertz CT molecular complexity index is 838. The van der Waals surface area contributed by atoms with E-state index in [4.69, 9.17) is 4.74 Å². The summed E-state index contributed by atoms with van der Waals surface area (Å²) in [6.07, 6.45) is -3.09. The summed E-state index contributed by atoms with van der Waals surface area (Å²) in [6.45, 7) is 3.66. The van der Waals surface area contributed by atoms with Crippen LogP contribution in [0.15, 0.2) is 66.7 Å². The van der Waals surface area contributed by atoms with Crippen molar-refractivity contribution in [3.8, 4) is 11.1 Å². The van der Waals surface area contributed by atoms with E-state index < -0.39 is 29.4 Å². The molecule has 2 atom stereocenters. The predicted molar refractivity (Wildman–Crippen MR) is 97.6 cm³/mol. The van der Waals surface area contributed by atoms with E-state index in [1.165, 1.54) is 0 Å². The van der Waals surface area contributed by atoms with Gasteiger partial charge in [-0.1, -0.05) is 68.5 Å². The van der Waals surface area contributed by atoms with Gasteiger partial charge in [-0.05, 0) is 34.1 Å². The largest absolute Gasteiger partial charge is 0.461 e. The normalized spacial score (nSPS) is 21.2. The molecule has 0 aliphatic heterocycles. The topological polar surface area (TPSA) is 26.3 Å². The van der Waals surface area contributed by atoms with Gasteiger partial charge in [-0.3, -0.25) is 4.79 Å². The maximum Gasteiger partial charge on any atom is 0.409 e. The summed E-state index contributed by atoms with van der Waals surface area (Å²) < 4.78 is 42.5. The predicted octanol–water partition coefficient (Wildman–Crippen LogP) is 5.79. The van der Waals surface area contributed by atoms with Gasteiger partial charge in [-0.15, -0.1) is 0 Å². The van der Waals surface area contributed by atoms with Crippen LogP contribution in [0.2, 0.25) is 0 Å². The summed E-state index contributed by atoms with van der Waals surface area (Å²) in [6, 6.07) is 17.5. The lowest BCUT2D eigenvalue weighted by Gasteiger charge is -2.08. The van der Waals surface area contributed by atoms with Crippen LogP contribution in [0.25, 0.3) is 11.1 Å². The first-order valence-electron chi connectivity index (χ1n) is 8.75. The van der Waals surface area contributed by atoms with Gasteiger partial charge in [0.25, 0.3) is 0 Å². The van der Waals surface area contributed by atoms with Crippen molar-refractivity contribution in [2.45, 2.75) is 26.6 Å². The number of allylic oxidation sites excluding steroid dienone is 2. The Hall–Kier alpha value is -2.56. The molecule has 2 aromatic rings. The third kappa shape index (κ3) is 4.59. The minimum atomic E-state index is -4.37. The number of hydrogen-bond donors (Lipinski definition) is 0. The minimum Gasteiger partial charge on any atom is -0.461 e. The molecule has 0 unspecified atom stereocenters. The summed E-state index contributed by atoms with van der Waals surface area (Å²) in [5, 5.41) is 0. The van der Waals surface area contributed by atoms with Gasteiger partial charge in [-0.25, -0.2) is 0 Å². The molecule has 0 bridgehead atoms. The van der Waals surface area contributed by atoms with Gasteiger partial charge in [-0.2, -0.15) is 13.2 Å². The van der Waals surface area contributed by atoms with Crippen LogP contribution in [-0.2, 0) is 16.1 Å². The van der Waals surface area contributed by atoms with Gasteiger partial charge in [0, 0.05) is 6.08 Å². The maximum absolute atomic E-state index is 12.4. The fraction of sp³-hybridized carbons (Fsp3) is 0.318. The van der Waals surface area contributed by atoms with Gasteiger partial charge >= 0.3 is 12.1 Å². The lowest BCUT2D eigenvalue weighted by molar-refractivity contribution is -0.147. The Morgan fingerprint density at radius 3 is 2.41 bits per heavy atom. The van der Waals surface area contributed by atoms with Crippen molar-refractivity contribution >= 4 is 5.97 Å². The summed E-state index contributed by atoms with van der Waals surface area (Å²) >= 11 is 0. The van der Waals surface area contributed by atoms with Crippen LogP contribution in [0.5, 0.6) is 0 Å². The van der Waals surface area contributed by atoms with E-state index in [1.807, 2.05) is 54.6 Å². The Morgan fingerprint density at radius 2 is 1.74 bits per heavy atom. The molecule has 27 heavy (non-hydrogen) atoms. The number of carbonyl (C=O) groups is 1. The Balaban J connectivity index is 1.62. The van der Waals surface area contributed by atoms with Crippen molar-refractivity contribution in [1.82, 2.24) is 0 Å². The SMILES string of the molecule is CC1(C)[C@H](C=CC(F)(F)F)[C@@H]1C(=O)OCc1cccc(-c2ccccc2)c1. The number of carbonyl (C=O) groups excluding carboxylic acids is 1. The average molecular weight is 374 g/mol. The lowest BCUT2D eigenvalue weighted by atomic mass is 10.0. The molecule has 0 radical (unpaired) electrons. The van der Waals surface area contributed by atoms with Crippen LogP contribution in [0.1, 0.15) is 19.4 Å². The minimum absolute atomic E-state index is 0.0990. The third-order valence-electron chi connectivity index (χ3n) is 5.07. The highest BCUT2D eigenvalue weighted by atomic mass is 19.4. The molecule has 0 spiro atoms. The smallest absolute Gasteiger partial charge is 0.409 e. The van der Waals surface area contributed by atoms with E-state index in [2.05, 4.69) is 0 Å². The molecule has 1 aliphatic rings. The lowest BCUT2D eigenvalue weighted by Crippen LogP contribution is -2.10.